The van der Waals surface area contributed by atoms with E-state index in [9.17, 15) is 25.6 Å². The molecule has 0 atom stereocenters. The third-order valence-corrected chi connectivity index (χ3v) is 14.1. The molecule has 0 amide bonds. The van der Waals surface area contributed by atoms with Gasteiger partial charge in [-0.1, -0.05) is 0 Å². The first-order valence-electron chi connectivity index (χ1n) is 21.4. The zero-order chi connectivity index (χ0) is 50.1. The number of aromatic amines is 2. The van der Waals surface area contributed by atoms with Gasteiger partial charge in [0.1, 0.15) is 11.6 Å². The number of nitrogens with one attached hydrogen (secondary N) is 3. The summed E-state index contributed by atoms with van der Waals surface area (Å²) in [4.78, 5) is 17.0. The van der Waals surface area contributed by atoms with Crippen LogP contribution >= 0.6 is 15.9 Å². The minimum Gasteiger partial charge on any atom is -0.365 e. The number of benzene rings is 2. The van der Waals surface area contributed by atoms with Crippen molar-refractivity contribution < 1.29 is 25.6 Å². The predicted octanol–water partition coefficient (Wildman–Crippen LogP) is 2.56. The van der Waals surface area contributed by atoms with Gasteiger partial charge in [-0.15, -0.1) is 0 Å². The van der Waals surface area contributed by atoms with Crippen LogP contribution < -0.4 is 10.2 Å². The summed E-state index contributed by atoms with van der Waals surface area (Å²) in [6.07, 6.45) is 4.46. The molecule has 0 spiro atoms. The van der Waals surface area contributed by atoms with Crippen LogP contribution in [-0.2, 0) is 45.6 Å². The van der Waals surface area contributed by atoms with Crippen molar-refractivity contribution in [2.45, 2.75) is 49.8 Å². The lowest BCUT2D eigenvalue weighted by Gasteiger charge is -2.31. The van der Waals surface area contributed by atoms with Gasteiger partial charge in [0.15, 0.2) is 29.7 Å². The molecule has 0 fully saturated rings. The van der Waals surface area contributed by atoms with Crippen LogP contribution in [0.1, 0.15) is 33.6 Å². The quantitative estimate of drug-likeness (QED) is 0.178. The topological polar surface area (TPSA) is 141 Å². The molecule has 0 saturated heterocycles. The van der Waals surface area contributed by atoms with Gasteiger partial charge in [0.2, 0.25) is 0 Å². The Balaban J connectivity index is 0.000000181. The molecule has 15 radical (unpaired) electrons. The number of sulfone groups is 2. The second-order valence-electron chi connectivity index (χ2n) is 16.7. The molecule has 0 bridgehead atoms. The van der Waals surface area contributed by atoms with Gasteiger partial charge in [0.25, 0.3) is 0 Å². The Morgan fingerprint density at radius 1 is 0.691 bits per heavy atom. The third-order valence-electron chi connectivity index (χ3n) is 11.3. The molecular weight excluding hydrogens is 951 g/mol. The van der Waals surface area contributed by atoms with Crippen LogP contribution in [0, 0.1) is 25.5 Å². The summed E-state index contributed by atoms with van der Waals surface area (Å²) in [7, 11) is 33.1. The molecule has 68 heavy (non-hydrogen) atoms. The first kappa shape index (κ1) is 55.1. The number of aryl methyl sites for hydroxylation is 2. The van der Waals surface area contributed by atoms with E-state index in [0.29, 0.717) is 6.54 Å². The van der Waals surface area contributed by atoms with Crippen molar-refractivity contribution >= 4 is 134 Å². The van der Waals surface area contributed by atoms with Crippen LogP contribution in [0.5, 0.6) is 0 Å². The summed E-state index contributed by atoms with van der Waals surface area (Å²) in [5.74, 6) is -0.441. The van der Waals surface area contributed by atoms with Gasteiger partial charge in [-0.3, -0.25) is 0 Å². The number of pyridine rings is 2. The van der Waals surface area contributed by atoms with Gasteiger partial charge in [-0.2, -0.15) is 0 Å². The van der Waals surface area contributed by atoms with E-state index in [1.165, 1.54) is 66.3 Å². The highest BCUT2D eigenvalue weighted by Crippen LogP contribution is 2.31. The first-order chi connectivity index (χ1) is 32.0. The molecule has 0 saturated carbocycles. The summed E-state index contributed by atoms with van der Waals surface area (Å²) < 4.78 is 72.2. The number of nitrogens with zero attached hydrogens (tertiary/aromatic N) is 3. The zero-order valence-electron chi connectivity index (χ0n) is 38.3. The van der Waals surface area contributed by atoms with E-state index >= 15 is 0 Å². The highest BCUT2D eigenvalue weighted by atomic mass is 79.9. The fourth-order valence-corrected chi connectivity index (χ4v) is 9.11. The molecule has 0 unspecified atom stereocenters. The fourth-order valence-electron chi connectivity index (χ4n) is 7.63. The lowest BCUT2D eigenvalue weighted by molar-refractivity contribution is 0.596. The number of H-pyrrole nitrogens is 2. The Labute approximate surface area is 420 Å². The SMILES string of the molecule is Cc1cc(S(C)(=O)=O)ncc1Br.Cc1cc(S(C)(=O)=O)ncc1N1CCc2[nH]c(-c3ccc(F)cc3)cc2C1.Fc1ccc(-c2cc3c([nH]2)CCNC3)cc1.[B][B]B(B([B])[B])B(B([B])[B])B([B])[B]. The standard InChI is InChI=1S/C20H20FN3O2S.C13H13FN2.C7H8BrNO2S.B13/c1-13-9-20(27(2,25)26)22-11-19(13)24-8-7-17-15(12-24)10-18(23-17)14-3-5-16(21)6-4-14;14-11-3-1-9(2-4-11)13-7-10-8-15-6-5-12(10)16-13;1-5-3-7(12(2,10)11)9-4-6(5)8;1-8-12(9(2)3)13(10(4)5)11(6)7/h3-6,9-11,23H,7-8,12H2,1-2H3;1-4,7,15-16H,5-6,8H2;3-4H,1-2H3;. The van der Waals surface area contributed by atoms with E-state index in [4.69, 9.17) is 54.2 Å². The van der Waals surface area contributed by atoms with Crippen LogP contribution in [0.3, 0.4) is 0 Å². The predicted molar refractivity (Wildman–Crippen MR) is 289 cm³/mol. The summed E-state index contributed by atoms with van der Waals surface area (Å²) in [6.45, 7) is 7.21. The lowest BCUT2D eigenvalue weighted by Crippen LogP contribution is -2.69. The normalized spacial score (nSPS) is 12.8. The number of halogens is 3. The molecule has 6 aromatic rings. The maximum atomic E-state index is 13.1. The lowest BCUT2D eigenvalue weighted by atomic mass is 8.50. The molecule has 4 aromatic heterocycles. The van der Waals surface area contributed by atoms with Gasteiger partial charge in [-0.25, -0.2) is 35.6 Å². The van der Waals surface area contributed by atoms with Crippen LogP contribution in [0.4, 0.5) is 14.5 Å². The van der Waals surface area contributed by atoms with E-state index in [-0.39, 0.29) is 28.1 Å². The maximum absolute atomic E-state index is 13.1. The zero-order valence-corrected chi connectivity index (χ0v) is 41.5. The molecule has 10 nitrogen and oxygen atoms in total. The third kappa shape index (κ3) is 15.1. The number of hydrogen-bond donors (Lipinski definition) is 3. The average Bonchev–Trinajstić information content (AvgIpc) is 3.91. The monoisotopic (exact) mass is 993 g/mol. The van der Waals surface area contributed by atoms with Crippen molar-refractivity contribution in [2.75, 3.05) is 30.5 Å². The van der Waals surface area contributed by atoms with E-state index in [1.54, 1.807) is 42.6 Å². The summed E-state index contributed by atoms with van der Waals surface area (Å²) >= 11 is 3.24. The Morgan fingerprint density at radius 2 is 1.18 bits per heavy atom. The van der Waals surface area contributed by atoms with E-state index in [0.717, 1.165) is 82.5 Å². The number of aromatic nitrogens is 4. The molecule has 8 rings (SSSR count). The Morgan fingerprint density at radius 3 is 1.60 bits per heavy atom. The van der Waals surface area contributed by atoms with E-state index in [2.05, 4.69) is 58.2 Å². The molecular formula is C40H41B13BrF2N6O4S2. The highest BCUT2D eigenvalue weighted by Gasteiger charge is 2.32. The largest absolute Gasteiger partial charge is 0.365 e. The average molecular weight is 992 g/mol. The second kappa shape index (κ2) is 24.3. The van der Waals surface area contributed by atoms with Crippen molar-refractivity contribution in [3.63, 3.8) is 0 Å². The molecule has 327 valence electrons. The van der Waals surface area contributed by atoms with Gasteiger partial charge < -0.3 is 20.2 Å². The van der Waals surface area contributed by atoms with Crippen LogP contribution in [0.25, 0.3) is 22.5 Å². The molecule has 6 heterocycles. The smallest absolute Gasteiger partial charge is 0.192 e. The minimum atomic E-state index is -3.31. The molecule has 28 heteroatoms. The molecule has 2 aliphatic rings. The van der Waals surface area contributed by atoms with Crippen LogP contribution in [0.15, 0.2) is 99.7 Å². The Hall–Kier alpha value is -3.86. The Bertz CT molecular complexity index is 2840. The summed E-state index contributed by atoms with van der Waals surface area (Å²) in [5, 5.41) is 3.55. The van der Waals surface area contributed by atoms with Crippen molar-refractivity contribution in [3.05, 3.63) is 135 Å². The second-order valence-corrected chi connectivity index (χ2v) is 21.5. The molecule has 2 aliphatic heterocycles. The summed E-state index contributed by atoms with van der Waals surface area (Å²) in [5.41, 5.74) is 11.7. The van der Waals surface area contributed by atoms with E-state index in [1.807, 2.05) is 13.8 Å². The number of rotatable bonds is 10. The Kier molecular flexibility index (Phi) is 19.7. The van der Waals surface area contributed by atoms with Gasteiger partial charge in [-0.05, 0) is 136 Å². The van der Waals surface area contributed by atoms with Gasteiger partial charge in [0, 0.05) is 178 Å². The minimum absolute atomic E-state index is 0.0988. The van der Waals surface area contributed by atoms with Gasteiger partial charge in [0.05, 0.1) is 11.9 Å². The number of anilines is 1. The van der Waals surface area contributed by atoms with Crippen LogP contribution in [-0.4, -0.2) is 156 Å². The fraction of sp³-hybridized carbons (Fsp3) is 0.250. The summed E-state index contributed by atoms with van der Waals surface area (Å²) in [6, 6.07) is 20.5. The molecule has 2 aromatic carbocycles. The van der Waals surface area contributed by atoms with Crippen molar-refractivity contribution in [1.82, 2.24) is 25.3 Å². The first-order valence-corrected chi connectivity index (χ1v) is 26.0. The van der Waals surface area contributed by atoms with Crippen molar-refractivity contribution in [3.8, 4) is 22.5 Å². The molecule has 3 N–H and O–H groups in total. The van der Waals surface area contributed by atoms with E-state index < -0.39 is 45.2 Å². The van der Waals surface area contributed by atoms with Gasteiger partial charge >= 0.3 is 0 Å². The van der Waals surface area contributed by atoms with Crippen LogP contribution in [0.2, 0.25) is 0 Å². The number of fused-ring (bicyclic) bond motifs is 2. The van der Waals surface area contributed by atoms with Crippen molar-refractivity contribution in [1.29, 1.82) is 0 Å². The highest BCUT2D eigenvalue weighted by molar-refractivity contribution is 9.10. The van der Waals surface area contributed by atoms with Crippen molar-refractivity contribution in [2.24, 2.45) is 0 Å². The molecule has 0 aliphatic carbocycles. The maximum Gasteiger partial charge on any atom is 0.192 e. The number of hydrogen-bond acceptors (Lipinski definition) is 8.